The maximum atomic E-state index is 14.5. The van der Waals surface area contributed by atoms with Crippen molar-refractivity contribution in [3.05, 3.63) is 90.0 Å². The molecule has 1 heterocycles. The molecule has 1 aliphatic rings. The van der Waals surface area contributed by atoms with Crippen LogP contribution in [0, 0.1) is 17.6 Å². The predicted molar refractivity (Wildman–Crippen MR) is 159 cm³/mol. The maximum Gasteiger partial charge on any atom is 0.415 e. The molecule has 3 atom stereocenters. The minimum atomic E-state index is -4.28. The first-order valence-electron chi connectivity index (χ1n) is 14.0. The maximum absolute atomic E-state index is 14.5. The third kappa shape index (κ3) is 7.90. The molecule has 0 unspecified atom stereocenters. The number of aliphatic hydroxyl groups excluding tert-OH is 1. The third-order valence-electron chi connectivity index (χ3n) is 7.04. The summed E-state index contributed by atoms with van der Waals surface area (Å²) in [5.74, 6) is -2.41. The molecule has 2 N–H and O–H groups in total. The molecule has 1 saturated heterocycles. The van der Waals surface area contributed by atoms with Crippen LogP contribution in [0.3, 0.4) is 0 Å². The van der Waals surface area contributed by atoms with E-state index >= 15 is 0 Å². The van der Waals surface area contributed by atoms with Crippen LogP contribution in [0.25, 0.3) is 0 Å². The molecule has 44 heavy (non-hydrogen) atoms. The van der Waals surface area contributed by atoms with Gasteiger partial charge in [0.15, 0.2) is 17.7 Å². The molecule has 236 valence electrons. The molecule has 0 aromatic heterocycles. The van der Waals surface area contributed by atoms with Gasteiger partial charge in [-0.2, -0.15) is 4.31 Å². The molecular formula is C31H35F2N3O7S. The topological polar surface area (TPSA) is 125 Å². The fourth-order valence-electron chi connectivity index (χ4n) is 4.85. The van der Waals surface area contributed by atoms with Crippen LogP contribution in [0.15, 0.2) is 77.7 Å². The molecule has 3 aromatic carbocycles. The van der Waals surface area contributed by atoms with E-state index in [4.69, 9.17) is 9.47 Å². The fraction of sp³-hybridized carbons (Fsp3) is 0.355. The number of nitrogens with zero attached hydrogens (tertiary/aromatic N) is 2. The van der Waals surface area contributed by atoms with Crippen molar-refractivity contribution in [3.63, 3.8) is 0 Å². The SMILES string of the molecule is COc1ccc(S(=O)(=O)N(CC(C)C)C[C@H](O)[C@H](Cc2ccccc2)NC(=O)[C@@H]2CN(c3cccc(F)c3)C(=O)O2)cc1F. The monoisotopic (exact) mass is 631 g/mol. The van der Waals surface area contributed by atoms with E-state index in [1.54, 1.807) is 44.2 Å². The summed E-state index contributed by atoms with van der Waals surface area (Å²) in [4.78, 5) is 26.7. The van der Waals surface area contributed by atoms with Gasteiger partial charge in [-0.15, -0.1) is 0 Å². The number of carbonyl (C=O) groups is 2. The molecule has 1 fully saturated rings. The first-order valence-corrected chi connectivity index (χ1v) is 15.4. The highest BCUT2D eigenvalue weighted by atomic mass is 32.2. The molecule has 3 aromatic rings. The molecule has 0 saturated carbocycles. The van der Waals surface area contributed by atoms with Gasteiger partial charge < -0.3 is 19.9 Å². The Morgan fingerprint density at radius 3 is 2.45 bits per heavy atom. The molecule has 0 bridgehead atoms. The Labute approximate surface area is 255 Å². The average Bonchev–Trinajstić information content (AvgIpc) is 3.38. The molecular weight excluding hydrogens is 596 g/mol. The van der Waals surface area contributed by atoms with Gasteiger partial charge in [0, 0.05) is 13.1 Å². The number of hydrogen-bond donors (Lipinski definition) is 2. The van der Waals surface area contributed by atoms with Gasteiger partial charge in [0.1, 0.15) is 5.82 Å². The zero-order valence-electron chi connectivity index (χ0n) is 24.5. The van der Waals surface area contributed by atoms with E-state index in [0.29, 0.717) is 0 Å². The minimum Gasteiger partial charge on any atom is -0.494 e. The normalized spacial score (nSPS) is 16.6. The van der Waals surface area contributed by atoms with Crippen molar-refractivity contribution in [2.45, 2.75) is 43.4 Å². The van der Waals surface area contributed by atoms with Gasteiger partial charge in [0.25, 0.3) is 5.91 Å². The van der Waals surface area contributed by atoms with Crippen molar-refractivity contribution in [1.82, 2.24) is 9.62 Å². The van der Waals surface area contributed by atoms with Crippen molar-refractivity contribution < 1.29 is 41.4 Å². The molecule has 0 radical (unpaired) electrons. The van der Waals surface area contributed by atoms with Gasteiger partial charge in [-0.25, -0.2) is 22.0 Å². The number of aliphatic hydroxyl groups is 1. The molecule has 0 aliphatic carbocycles. The van der Waals surface area contributed by atoms with Gasteiger partial charge in [-0.1, -0.05) is 50.2 Å². The first-order chi connectivity index (χ1) is 20.9. The van der Waals surface area contributed by atoms with Crippen LogP contribution in [0.2, 0.25) is 0 Å². The van der Waals surface area contributed by atoms with Crippen LogP contribution in [-0.4, -0.2) is 74.8 Å². The van der Waals surface area contributed by atoms with E-state index < -0.39 is 58.5 Å². The Hall–Kier alpha value is -4.07. The number of halogens is 2. The highest BCUT2D eigenvalue weighted by molar-refractivity contribution is 7.89. The lowest BCUT2D eigenvalue weighted by molar-refractivity contribution is -0.129. The lowest BCUT2D eigenvalue weighted by Gasteiger charge is -2.31. The molecule has 2 amide bonds. The Bertz CT molecular complexity index is 1570. The van der Waals surface area contributed by atoms with Crippen LogP contribution in [0.5, 0.6) is 5.75 Å². The van der Waals surface area contributed by atoms with Crippen LogP contribution in [-0.2, 0) is 26.0 Å². The van der Waals surface area contributed by atoms with Crippen molar-refractivity contribution in [2.24, 2.45) is 5.92 Å². The number of nitrogens with one attached hydrogen (secondary N) is 1. The molecule has 1 aliphatic heterocycles. The zero-order valence-corrected chi connectivity index (χ0v) is 25.3. The van der Waals surface area contributed by atoms with Gasteiger partial charge in [0.2, 0.25) is 10.0 Å². The van der Waals surface area contributed by atoms with E-state index in [-0.39, 0.29) is 41.8 Å². The highest BCUT2D eigenvalue weighted by Gasteiger charge is 2.39. The Kier molecular flexibility index (Phi) is 10.6. The summed E-state index contributed by atoms with van der Waals surface area (Å²) in [7, 11) is -3.01. The van der Waals surface area contributed by atoms with Gasteiger partial charge in [-0.3, -0.25) is 9.69 Å². The summed E-state index contributed by atoms with van der Waals surface area (Å²) >= 11 is 0. The smallest absolute Gasteiger partial charge is 0.415 e. The summed E-state index contributed by atoms with van der Waals surface area (Å²) in [6.07, 6.45) is -3.41. The molecule has 13 heteroatoms. The minimum absolute atomic E-state index is 0.00186. The van der Waals surface area contributed by atoms with E-state index in [9.17, 15) is 31.9 Å². The standard InChI is InChI=1S/C31H35F2N3O7S/c1-20(2)17-35(44(40,41)24-12-13-28(42-3)25(33)16-24)18-27(37)26(14-21-8-5-4-6-9-21)34-30(38)29-19-36(31(39)43-29)23-11-7-10-22(32)15-23/h4-13,15-16,20,26-27,29,37H,14,17-19H2,1-3H3,(H,34,38)/t26-,27-,29-/m0/s1. The summed E-state index contributed by atoms with van der Waals surface area (Å²) in [5.41, 5.74) is 0.966. The van der Waals surface area contributed by atoms with E-state index in [1.165, 1.54) is 37.4 Å². The second-order valence-electron chi connectivity index (χ2n) is 10.8. The largest absolute Gasteiger partial charge is 0.494 e. The molecule has 0 spiro atoms. The molecule has 4 rings (SSSR count). The van der Waals surface area contributed by atoms with Crippen molar-refractivity contribution in [3.8, 4) is 5.75 Å². The van der Waals surface area contributed by atoms with Crippen molar-refractivity contribution in [2.75, 3.05) is 31.6 Å². The lowest BCUT2D eigenvalue weighted by Crippen LogP contribution is -2.53. The zero-order chi connectivity index (χ0) is 32.0. The highest BCUT2D eigenvalue weighted by Crippen LogP contribution is 2.25. The predicted octanol–water partition coefficient (Wildman–Crippen LogP) is 3.73. The van der Waals surface area contributed by atoms with Gasteiger partial charge >= 0.3 is 6.09 Å². The van der Waals surface area contributed by atoms with Crippen molar-refractivity contribution in [1.29, 1.82) is 0 Å². The first kappa shape index (κ1) is 32.8. The number of methoxy groups -OCH3 is 1. The van der Waals surface area contributed by atoms with Crippen LogP contribution < -0.4 is 15.0 Å². The average molecular weight is 632 g/mol. The summed E-state index contributed by atoms with van der Waals surface area (Å²) < 4.78 is 66.7. The summed E-state index contributed by atoms with van der Waals surface area (Å²) in [5, 5.41) is 14.2. The van der Waals surface area contributed by atoms with Gasteiger partial charge in [-0.05, 0) is 54.3 Å². The van der Waals surface area contributed by atoms with Crippen LogP contribution in [0.4, 0.5) is 19.3 Å². The number of rotatable bonds is 13. The number of anilines is 1. The van der Waals surface area contributed by atoms with E-state index in [2.05, 4.69) is 5.32 Å². The number of carbonyl (C=O) groups excluding carboxylic acids is 2. The number of cyclic esters (lactones) is 1. The fourth-order valence-corrected chi connectivity index (χ4v) is 6.49. The quantitative estimate of drug-likeness (QED) is 0.295. The van der Waals surface area contributed by atoms with Crippen molar-refractivity contribution >= 4 is 27.7 Å². The second kappa shape index (κ2) is 14.1. The lowest BCUT2D eigenvalue weighted by atomic mass is 10.0. The summed E-state index contributed by atoms with van der Waals surface area (Å²) in [6, 6.07) is 16.5. The third-order valence-corrected chi connectivity index (χ3v) is 8.86. The second-order valence-corrected chi connectivity index (χ2v) is 12.8. The Morgan fingerprint density at radius 2 is 1.82 bits per heavy atom. The number of sulfonamides is 1. The Balaban J connectivity index is 1.56. The van der Waals surface area contributed by atoms with E-state index in [1.807, 2.05) is 0 Å². The number of hydrogen-bond acceptors (Lipinski definition) is 7. The number of ether oxygens (including phenoxy) is 2. The Morgan fingerprint density at radius 1 is 1.09 bits per heavy atom. The van der Waals surface area contributed by atoms with Crippen LogP contribution >= 0.6 is 0 Å². The number of benzene rings is 3. The van der Waals surface area contributed by atoms with Gasteiger partial charge in [0.05, 0.1) is 36.4 Å². The van der Waals surface area contributed by atoms with Crippen LogP contribution in [0.1, 0.15) is 19.4 Å². The summed E-state index contributed by atoms with van der Waals surface area (Å²) in [6.45, 7) is 2.98. The number of amides is 2. The van der Waals surface area contributed by atoms with E-state index in [0.717, 1.165) is 26.9 Å². The molecule has 10 nitrogen and oxygen atoms in total.